The van der Waals surface area contributed by atoms with Gasteiger partial charge < -0.3 is 14.6 Å². The van der Waals surface area contributed by atoms with E-state index in [2.05, 4.69) is 30.6 Å². The fourth-order valence-corrected chi connectivity index (χ4v) is 4.11. The van der Waals surface area contributed by atoms with E-state index < -0.39 is 12.3 Å². The maximum Gasteiger partial charge on any atom is 0.573 e. The number of alkyl halides is 3. The van der Waals surface area contributed by atoms with Crippen LogP contribution in [0.25, 0.3) is 11.1 Å². The molecule has 3 aromatic rings. The molecule has 0 spiro atoms. The van der Waals surface area contributed by atoms with Crippen molar-refractivity contribution in [3.63, 3.8) is 0 Å². The number of hydrogen-bond donors (Lipinski definition) is 1. The molecular weight excluding hydrogens is 517 g/mol. The van der Waals surface area contributed by atoms with Crippen LogP contribution >= 0.6 is 15.9 Å². The first-order valence-electron chi connectivity index (χ1n) is 10.2. The van der Waals surface area contributed by atoms with Gasteiger partial charge in [0.2, 0.25) is 0 Å². The third-order valence-electron chi connectivity index (χ3n) is 5.20. The Balaban J connectivity index is 1.60. The zero-order valence-electron chi connectivity index (χ0n) is 17.6. The van der Waals surface area contributed by atoms with Crippen molar-refractivity contribution in [1.82, 2.24) is 9.97 Å². The number of nitrogens with zero attached hydrogens (tertiary/aromatic N) is 2. The van der Waals surface area contributed by atoms with Crippen LogP contribution in [0.3, 0.4) is 0 Å². The number of halogens is 4. The minimum Gasteiger partial charge on any atom is -0.488 e. The summed E-state index contributed by atoms with van der Waals surface area (Å²) >= 11 is 3.49. The highest BCUT2D eigenvalue weighted by molar-refractivity contribution is 9.10. The summed E-state index contributed by atoms with van der Waals surface area (Å²) in [5.41, 5.74) is 3.79. The second kappa shape index (κ2) is 9.84. The number of ether oxygens (including phenoxy) is 2. The summed E-state index contributed by atoms with van der Waals surface area (Å²) in [7, 11) is 0. The summed E-state index contributed by atoms with van der Waals surface area (Å²) in [4.78, 5) is 19.6. The molecule has 6 nitrogen and oxygen atoms in total. The lowest BCUT2D eigenvalue weighted by Gasteiger charge is -2.15. The molecule has 2 aromatic carbocycles. The Morgan fingerprint density at radius 1 is 1.06 bits per heavy atom. The quantitative estimate of drug-likeness (QED) is 0.372. The zero-order chi connectivity index (χ0) is 24.3. The largest absolute Gasteiger partial charge is 0.573 e. The number of carbonyl (C=O) groups is 1. The van der Waals surface area contributed by atoms with Crippen molar-refractivity contribution in [3.05, 3.63) is 81.8 Å². The van der Waals surface area contributed by atoms with Crippen LogP contribution < -0.4 is 9.47 Å². The van der Waals surface area contributed by atoms with Crippen LogP contribution in [0.4, 0.5) is 13.2 Å². The van der Waals surface area contributed by atoms with Gasteiger partial charge in [-0.3, -0.25) is 4.98 Å². The molecule has 1 aromatic heterocycles. The molecule has 1 aliphatic carbocycles. The molecule has 176 valence electrons. The van der Waals surface area contributed by atoms with Crippen LogP contribution in [0.2, 0.25) is 0 Å². The average Bonchev–Trinajstić information content (AvgIpc) is 3.28. The van der Waals surface area contributed by atoms with Crippen molar-refractivity contribution >= 4 is 33.0 Å². The molecule has 4 rings (SSSR count). The van der Waals surface area contributed by atoms with Gasteiger partial charge in [-0.1, -0.05) is 28.1 Å². The molecule has 0 saturated heterocycles. The number of aromatic carboxylic acids is 1. The molecule has 1 N–H and O–H groups in total. The van der Waals surface area contributed by atoms with E-state index in [0.29, 0.717) is 17.0 Å². The van der Waals surface area contributed by atoms with E-state index in [0.717, 1.165) is 40.4 Å². The van der Waals surface area contributed by atoms with Gasteiger partial charge in [0.05, 0.1) is 18.1 Å². The van der Waals surface area contributed by atoms with Crippen molar-refractivity contribution in [1.29, 1.82) is 0 Å². The van der Waals surface area contributed by atoms with Gasteiger partial charge in [0.15, 0.2) is 5.69 Å². The maximum absolute atomic E-state index is 12.4. The molecule has 0 aliphatic heterocycles. The van der Waals surface area contributed by atoms with Crippen LogP contribution in [0.1, 0.15) is 46.6 Å². The van der Waals surface area contributed by atoms with E-state index in [1.807, 2.05) is 18.2 Å². The van der Waals surface area contributed by atoms with Gasteiger partial charge in [0.25, 0.3) is 0 Å². The topological polar surface area (TPSA) is 81.5 Å². The Kier molecular flexibility index (Phi) is 6.87. The Bertz CT molecular complexity index is 1240. The minimum atomic E-state index is -4.74. The van der Waals surface area contributed by atoms with E-state index in [1.54, 1.807) is 6.20 Å². The monoisotopic (exact) mass is 534 g/mol. The predicted octanol–water partition coefficient (Wildman–Crippen LogP) is 6.51. The maximum atomic E-state index is 12.4. The van der Waals surface area contributed by atoms with Crippen molar-refractivity contribution < 1.29 is 32.5 Å². The number of aromatic nitrogens is 2. The molecule has 0 atom stereocenters. The third kappa shape index (κ3) is 5.74. The van der Waals surface area contributed by atoms with E-state index >= 15 is 0 Å². The van der Waals surface area contributed by atoms with E-state index in [4.69, 9.17) is 4.74 Å². The molecule has 0 saturated carbocycles. The van der Waals surface area contributed by atoms with Gasteiger partial charge in [-0.2, -0.15) is 0 Å². The highest BCUT2D eigenvalue weighted by Crippen LogP contribution is 2.43. The van der Waals surface area contributed by atoms with E-state index in [9.17, 15) is 23.1 Å². The van der Waals surface area contributed by atoms with Crippen LogP contribution in [0, 0.1) is 0 Å². The third-order valence-corrected chi connectivity index (χ3v) is 5.69. The fraction of sp³-hybridized carbons (Fsp3) is 0.208. The molecule has 0 radical (unpaired) electrons. The Morgan fingerprint density at radius 3 is 2.50 bits per heavy atom. The van der Waals surface area contributed by atoms with Gasteiger partial charge in [0, 0.05) is 10.0 Å². The van der Waals surface area contributed by atoms with Gasteiger partial charge in [-0.25, -0.2) is 9.78 Å². The summed E-state index contributed by atoms with van der Waals surface area (Å²) < 4.78 is 47.8. The molecule has 34 heavy (non-hydrogen) atoms. The standard InChI is InChI=1S/C24H18BrF3N2O4/c25-15-6-9-22(33-13-14-4-7-16(8-5-14)34-24(26,27)28)19(10-15)17-2-1-3-18(17)20-11-29-12-21(30-20)23(31)32/h4-12H,1-3,13H2,(H,31,32). The van der Waals surface area contributed by atoms with Crippen LogP contribution in [-0.2, 0) is 6.61 Å². The van der Waals surface area contributed by atoms with Gasteiger partial charge >= 0.3 is 12.3 Å². The minimum absolute atomic E-state index is 0.125. The number of carboxylic acid groups (broad SMARTS) is 1. The second-order valence-corrected chi connectivity index (χ2v) is 8.44. The predicted molar refractivity (Wildman–Crippen MR) is 121 cm³/mol. The Morgan fingerprint density at radius 2 is 1.79 bits per heavy atom. The first-order chi connectivity index (χ1) is 16.2. The summed E-state index contributed by atoms with van der Waals surface area (Å²) in [5.74, 6) is -0.853. The number of hydrogen-bond acceptors (Lipinski definition) is 5. The summed E-state index contributed by atoms with van der Waals surface area (Å²) in [6.07, 6.45) is 0.363. The Hall–Kier alpha value is -3.40. The van der Waals surface area contributed by atoms with Crippen molar-refractivity contribution in [3.8, 4) is 11.5 Å². The van der Waals surface area contributed by atoms with Crippen LogP contribution in [-0.4, -0.2) is 27.4 Å². The summed E-state index contributed by atoms with van der Waals surface area (Å²) in [5, 5.41) is 9.26. The van der Waals surface area contributed by atoms with Crippen molar-refractivity contribution in [2.45, 2.75) is 32.2 Å². The van der Waals surface area contributed by atoms with Crippen LogP contribution in [0.15, 0.2) is 59.3 Å². The van der Waals surface area contributed by atoms with E-state index in [-0.39, 0.29) is 18.1 Å². The molecule has 0 amide bonds. The molecule has 10 heteroatoms. The van der Waals surface area contributed by atoms with Gasteiger partial charge in [-0.05, 0) is 66.3 Å². The Labute approximate surface area is 201 Å². The lowest BCUT2D eigenvalue weighted by molar-refractivity contribution is -0.274. The first-order valence-corrected chi connectivity index (χ1v) is 11.0. The lowest BCUT2D eigenvalue weighted by atomic mass is 9.99. The average molecular weight is 535 g/mol. The SMILES string of the molecule is O=C(O)c1cncc(C2=C(c3cc(Br)ccc3OCc3ccc(OC(F)(F)F)cc3)CCC2)n1. The number of carboxylic acids is 1. The lowest BCUT2D eigenvalue weighted by Crippen LogP contribution is -2.17. The highest BCUT2D eigenvalue weighted by atomic mass is 79.9. The molecule has 0 unspecified atom stereocenters. The normalized spacial score (nSPS) is 13.8. The highest BCUT2D eigenvalue weighted by Gasteiger charge is 2.31. The zero-order valence-corrected chi connectivity index (χ0v) is 19.2. The molecular formula is C24H18BrF3N2O4. The second-order valence-electron chi connectivity index (χ2n) is 7.53. The van der Waals surface area contributed by atoms with E-state index in [1.165, 1.54) is 30.5 Å². The number of rotatable bonds is 7. The number of benzene rings is 2. The van der Waals surface area contributed by atoms with Crippen molar-refractivity contribution in [2.24, 2.45) is 0 Å². The smallest absolute Gasteiger partial charge is 0.488 e. The fourth-order valence-electron chi connectivity index (χ4n) is 3.75. The van der Waals surface area contributed by atoms with Crippen LogP contribution in [0.5, 0.6) is 11.5 Å². The van der Waals surface area contributed by atoms with Gasteiger partial charge in [0.1, 0.15) is 18.1 Å². The van der Waals surface area contributed by atoms with Gasteiger partial charge in [-0.15, -0.1) is 13.2 Å². The summed E-state index contributed by atoms with van der Waals surface area (Å²) in [6, 6.07) is 11.0. The molecule has 0 bridgehead atoms. The molecule has 0 fully saturated rings. The first kappa shape index (κ1) is 23.7. The summed E-state index contributed by atoms with van der Waals surface area (Å²) in [6.45, 7) is 0.137. The van der Waals surface area contributed by atoms with Crippen molar-refractivity contribution in [2.75, 3.05) is 0 Å². The number of allylic oxidation sites excluding steroid dienone is 2. The molecule has 1 aliphatic rings. The molecule has 1 heterocycles.